The van der Waals surface area contributed by atoms with Gasteiger partial charge in [0.05, 0.1) is 6.61 Å². The molecule has 0 spiro atoms. The third kappa shape index (κ3) is 3.81. The Bertz CT molecular complexity index is 159. The Morgan fingerprint density at radius 2 is 2.09 bits per heavy atom. The molecule has 0 amide bonds. The highest BCUT2D eigenvalue weighted by molar-refractivity contribution is 5.18. The summed E-state index contributed by atoms with van der Waals surface area (Å²) in [6.45, 7) is 5.99. The summed E-state index contributed by atoms with van der Waals surface area (Å²) in [6, 6.07) is 0. The molecular formula is C9H15FO. The van der Waals surface area contributed by atoms with Gasteiger partial charge in [-0.3, -0.25) is 0 Å². The second kappa shape index (κ2) is 5.96. The second-order valence-electron chi connectivity index (χ2n) is 2.05. The number of allylic oxidation sites excluding steroid dienone is 3. The first-order valence-electron chi connectivity index (χ1n) is 3.91. The summed E-state index contributed by atoms with van der Waals surface area (Å²) in [4.78, 5) is 0. The van der Waals surface area contributed by atoms with Crippen molar-refractivity contribution in [3.05, 3.63) is 23.7 Å². The summed E-state index contributed by atoms with van der Waals surface area (Å²) < 4.78 is 17.9. The summed E-state index contributed by atoms with van der Waals surface area (Å²) in [5.41, 5.74) is 0. The van der Waals surface area contributed by atoms with Crippen LogP contribution in [-0.2, 0) is 4.74 Å². The van der Waals surface area contributed by atoms with Gasteiger partial charge in [-0.25, -0.2) is 4.39 Å². The van der Waals surface area contributed by atoms with Gasteiger partial charge in [-0.2, -0.15) is 0 Å². The molecule has 0 unspecified atom stereocenters. The van der Waals surface area contributed by atoms with Crippen molar-refractivity contribution in [2.45, 2.75) is 27.2 Å². The van der Waals surface area contributed by atoms with Crippen LogP contribution < -0.4 is 0 Å². The third-order valence-electron chi connectivity index (χ3n) is 1.18. The molecule has 1 nitrogen and oxygen atoms in total. The summed E-state index contributed by atoms with van der Waals surface area (Å²) in [5, 5.41) is 0. The maximum absolute atomic E-state index is 12.9. The average molecular weight is 158 g/mol. The van der Waals surface area contributed by atoms with Crippen LogP contribution in [0.15, 0.2) is 23.7 Å². The molecule has 0 rings (SSSR count). The Morgan fingerprint density at radius 1 is 1.45 bits per heavy atom. The maximum atomic E-state index is 12.9. The van der Waals surface area contributed by atoms with Gasteiger partial charge in [-0.05, 0) is 32.4 Å². The van der Waals surface area contributed by atoms with Crippen LogP contribution in [0.1, 0.15) is 27.2 Å². The smallest absolute Gasteiger partial charge is 0.160 e. The van der Waals surface area contributed by atoms with E-state index in [4.69, 9.17) is 4.74 Å². The van der Waals surface area contributed by atoms with Gasteiger partial charge in [0.1, 0.15) is 5.76 Å². The molecule has 64 valence electrons. The second-order valence-corrected chi connectivity index (χ2v) is 2.05. The van der Waals surface area contributed by atoms with Crippen molar-refractivity contribution < 1.29 is 9.13 Å². The predicted octanol–water partition coefficient (Wildman–Crippen LogP) is 3.19. The molecule has 0 N–H and O–H groups in total. The van der Waals surface area contributed by atoms with Crippen molar-refractivity contribution in [1.29, 1.82) is 0 Å². The molecule has 0 aromatic carbocycles. The fourth-order valence-electron chi connectivity index (χ4n) is 0.725. The zero-order valence-corrected chi connectivity index (χ0v) is 7.36. The number of hydrogen-bond donors (Lipinski definition) is 0. The topological polar surface area (TPSA) is 9.23 Å². The SMILES string of the molecule is C/C=C(OCC)\C(F)=C/CC. The van der Waals surface area contributed by atoms with Gasteiger partial charge in [0.2, 0.25) is 0 Å². The van der Waals surface area contributed by atoms with E-state index in [0.717, 1.165) is 0 Å². The highest BCUT2D eigenvalue weighted by Crippen LogP contribution is 2.13. The number of ether oxygens (including phenoxy) is 1. The minimum Gasteiger partial charge on any atom is -0.491 e. The quantitative estimate of drug-likeness (QED) is 0.451. The summed E-state index contributed by atoms with van der Waals surface area (Å²) in [6.07, 6.45) is 3.83. The first-order chi connectivity index (χ1) is 5.26. The van der Waals surface area contributed by atoms with E-state index in [-0.39, 0.29) is 5.83 Å². The van der Waals surface area contributed by atoms with Gasteiger partial charge in [-0.15, -0.1) is 0 Å². The minimum atomic E-state index is -0.267. The lowest BCUT2D eigenvalue weighted by molar-refractivity contribution is 0.224. The molecule has 0 aliphatic rings. The van der Waals surface area contributed by atoms with Crippen molar-refractivity contribution in [1.82, 2.24) is 0 Å². The van der Waals surface area contributed by atoms with Crippen molar-refractivity contribution in [3.63, 3.8) is 0 Å². The van der Waals surface area contributed by atoms with Crippen molar-refractivity contribution >= 4 is 0 Å². The van der Waals surface area contributed by atoms with E-state index in [9.17, 15) is 4.39 Å². The first kappa shape index (κ1) is 10.2. The molecule has 0 fully saturated rings. The molecule has 0 aromatic rings. The van der Waals surface area contributed by atoms with E-state index in [2.05, 4.69) is 0 Å². The lowest BCUT2D eigenvalue weighted by Crippen LogP contribution is -1.91. The standard InChI is InChI=1S/C9H15FO/c1-4-7-8(10)9(5-2)11-6-3/h5,7H,4,6H2,1-3H3/b8-7+,9-5+. The monoisotopic (exact) mass is 158 g/mol. The lowest BCUT2D eigenvalue weighted by Gasteiger charge is -2.04. The van der Waals surface area contributed by atoms with E-state index >= 15 is 0 Å². The highest BCUT2D eigenvalue weighted by Gasteiger charge is 2.01. The summed E-state index contributed by atoms with van der Waals surface area (Å²) in [7, 11) is 0. The van der Waals surface area contributed by atoms with Crippen LogP contribution in [0.4, 0.5) is 4.39 Å². The Hall–Kier alpha value is -0.790. The van der Waals surface area contributed by atoms with Crippen molar-refractivity contribution in [3.8, 4) is 0 Å². The van der Waals surface area contributed by atoms with E-state index < -0.39 is 0 Å². The van der Waals surface area contributed by atoms with Crippen LogP contribution in [0.2, 0.25) is 0 Å². The lowest BCUT2D eigenvalue weighted by atomic mass is 10.3. The van der Waals surface area contributed by atoms with Gasteiger partial charge in [0.25, 0.3) is 0 Å². The van der Waals surface area contributed by atoms with Crippen LogP contribution in [0, 0.1) is 0 Å². The largest absolute Gasteiger partial charge is 0.491 e. The molecule has 0 heterocycles. The minimum absolute atomic E-state index is 0.267. The first-order valence-corrected chi connectivity index (χ1v) is 3.91. The average Bonchev–Trinajstić information content (AvgIpc) is 2.00. The maximum Gasteiger partial charge on any atom is 0.160 e. The fraction of sp³-hybridized carbons (Fsp3) is 0.556. The highest BCUT2D eigenvalue weighted by atomic mass is 19.1. The Labute approximate surface area is 67.6 Å². The molecule has 0 aliphatic heterocycles. The molecule has 11 heavy (non-hydrogen) atoms. The van der Waals surface area contributed by atoms with E-state index in [1.165, 1.54) is 6.08 Å². The zero-order valence-electron chi connectivity index (χ0n) is 7.36. The molecule has 0 saturated carbocycles. The van der Waals surface area contributed by atoms with Gasteiger partial charge in [-0.1, -0.05) is 6.92 Å². The van der Waals surface area contributed by atoms with Gasteiger partial charge >= 0.3 is 0 Å². The van der Waals surface area contributed by atoms with Crippen LogP contribution in [0.25, 0.3) is 0 Å². The van der Waals surface area contributed by atoms with Gasteiger partial charge < -0.3 is 4.74 Å². The van der Waals surface area contributed by atoms with E-state index in [1.54, 1.807) is 13.0 Å². The normalized spacial score (nSPS) is 13.5. The fourth-order valence-corrected chi connectivity index (χ4v) is 0.725. The third-order valence-corrected chi connectivity index (χ3v) is 1.18. The molecule has 0 atom stereocenters. The van der Waals surface area contributed by atoms with Gasteiger partial charge in [0.15, 0.2) is 5.83 Å². The molecule has 0 radical (unpaired) electrons. The van der Waals surface area contributed by atoms with Crippen molar-refractivity contribution in [2.75, 3.05) is 6.61 Å². The predicted molar refractivity (Wildman–Crippen MR) is 44.9 cm³/mol. The zero-order chi connectivity index (χ0) is 8.69. The summed E-state index contributed by atoms with van der Waals surface area (Å²) >= 11 is 0. The molecule has 0 bridgehead atoms. The van der Waals surface area contributed by atoms with Crippen LogP contribution in [-0.4, -0.2) is 6.61 Å². The molecule has 2 heteroatoms. The molecule has 0 saturated heterocycles. The van der Waals surface area contributed by atoms with Crippen LogP contribution in [0.5, 0.6) is 0 Å². The van der Waals surface area contributed by atoms with Crippen molar-refractivity contribution in [2.24, 2.45) is 0 Å². The van der Waals surface area contributed by atoms with Crippen LogP contribution in [0.3, 0.4) is 0 Å². The number of hydrogen-bond acceptors (Lipinski definition) is 1. The molecule has 0 aromatic heterocycles. The van der Waals surface area contributed by atoms with E-state index in [1.807, 2.05) is 13.8 Å². The number of halogens is 1. The van der Waals surface area contributed by atoms with Gasteiger partial charge in [0, 0.05) is 0 Å². The van der Waals surface area contributed by atoms with Crippen LogP contribution >= 0.6 is 0 Å². The Morgan fingerprint density at radius 3 is 2.45 bits per heavy atom. The molecule has 0 aliphatic carbocycles. The van der Waals surface area contributed by atoms with E-state index in [0.29, 0.717) is 18.8 Å². The number of rotatable bonds is 4. The summed E-state index contributed by atoms with van der Waals surface area (Å²) in [5.74, 6) is 0.0752. The Kier molecular flexibility index (Phi) is 5.53. The molecular weight excluding hydrogens is 143 g/mol. The Balaban J connectivity index is 4.15.